The van der Waals surface area contributed by atoms with Gasteiger partial charge in [0.1, 0.15) is 5.75 Å². The van der Waals surface area contributed by atoms with Gasteiger partial charge < -0.3 is 14.6 Å². The number of carboxylic acids is 1. The fourth-order valence-electron chi connectivity index (χ4n) is 1.30. The zero-order chi connectivity index (χ0) is 11.4. The molecule has 4 nitrogen and oxygen atoms in total. The van der Waals surface area contributed by atoms with Crippen molar-refractivity contribution in [2.45, 2.75) is 6.10 Å². The van der Waals surface area contributed by atoms with Gasteiger partial charge in [-0.3, -0.25) is 0 Å². The van der Waals surface area contributed by atoms with E-state index in [0.717, 1.165) is 0 Å². The van der Waals surface area contributed by atoms with Crippen LogP contribution in [0.5, 0.6) is 5.75 Å². The van der Waals surface area contributed by atoms with Gasteiger partial charge in [0, 0.05) is 0 Å². The Labute approximate surface area is 92.4 Å². The maximum Gasteiger partial charge on any atom is 0.352 e. The van der Waals surface area contributed by atoms with Crippen molar-refractivity contribution in [3.8, 4) is 5.75 Å². The molecule has 0 fully saturated rings. The van der Waals surface area contributed by atoms with Crippen molar-refractivity contribution in [2.75, 3.05) is 0 Å². The van der Waals surface area contributed by atoms with Crippen molar-refractivity contribution in [3.63, 3.8) is 0 Å². The maximum absolute atomic E-state index is 10.9. The predicted molar refractivity (Wildman–Crippen MR) is 56.8 cm³/mol. The molecule has 2 rings (SSSR count). The Balaban J connectivity index is 2.16. The standard InChI is InChI=1S/C12H10O4/c13-12(14)11-10(7-4-8-15-11)16-9-5-2-1-3-6-9/h1-8,11H,(H,13,14). The Morgan fingerprint density at radius 2 is 2.06 bits per heavy atom. The third-order valence-electron chi connectivity index (χ3n) is 2.02. The number of para-hydroxylation sites is 1. The van der Waals surface area contributed by atoms with Crippen molar-refractivity contribution in [1.82, 2.24) is 0 Å². The fraction of sp³-hybridized carbons (Fsp3) is 0.0833. The minimum absolute atomic E-state index is 0.265. The zero-order valence-corrected chi connectivity index (χ0v) is 8.37. The first-order valence-corrected chi connectivity index (χ1v) is 4.75. The number of hydrogen-bond donors (Lipinski definition) is 1. The average molecular weight is 218 g/mol. The van der Waals surface area contributed by atoms with E-state index < -0.39 is 12.1 Å². The molecule has 0 aliphatic carbocycles. The van der Waals surface area contributed by atoms with Crippen LogP contribution in [0.25, 0.3) is 0 Å². The van der Waals surface area contributed by atoms with Crippen molar-refractivity contribution in [2.24, 2.45) is 0 Å². The van der Waals surface area contributed by atoms with Crippen LogP contribution in [0, 0.1) is 0 Å². The van der Waals surface area contributed by atoms with E-state index in [-0.39, 0.29) is 5.76 Å². The van der Waals surface area contributed by atoms with E-state index in [4.69, 9.17) is 14.6 Å². The van der Waals surface area contributed by atoms with Crippen LogP contribution < -0.4 is 4.74 Å². The number of benzene rings is 1. The lowest BCUT2D eigenvalue weighted by Gasteiger charge is -2.18. The Kier molecular flexibility index (Phi) is 2.91. The quantitative estimate of drug-likeness (QED) is 0.842. The maximum atomic E-state index is 10.9. The topological polar surface area (TPSA) is 55.8 Å². The highest BCUT2D eigenvalue weighted by Gasteiger charge is 2.26. The summed E-state index contributed by atoms with van der Waals surface area (Å²) in [7, 11) is 0. The minimum atomic E-state index is -1.08. The van der Waals surface area contributed by atoms with Crippen molar-refractivity contribution in [1.29, 1.82) is 0 Å². The first kappa shape index (κ1) is 10.3. The number of hydrogen-bond acceptors (Lipinski definition) is 3. The molecule has 4 heteroatoms. The molecule has 1 unspecified atom stereocenters. The summed E-state index contributed by atoms with van der Waals surface area (Å²) in [4.78, 5) is 10.9. The van der Waals surface area contributed by atoms with E-state index in [0.29, 0.717) is 5.75 Å². The summed E-state index contributed by atoms with van der Waals surface area (Å²) < 4.78 is 10.4. The average Bonchev–Trinajstić information content (AvgIpc) is 2.31. The molecule has 82 valence electrons. The summed E-state index contributed by atoms with van der Waals surface area (Å²) in [5.41, 5.74) is 0. The van der Waals surface area contributed by atoms with Crippen LogP contribution in [-0.4, -0.2) is 17.2 Å². The Bertz CT molecular complexity index is 434. The van der Waals surface area contributed by atoms with Gasteiger partial charge in [-0.1, -0.05) is 18.2 Å². The highest BCUT2D eigenvalue weighted by Crippen LogP contribution is 2.19. The lowest BCUT2D eigenvalue weighted by atomic mass is 10.2. The molecule has 0 spiro atoms. The largest absolute Gasteiger partial charge is 0.478 e. The molecule has 1 aliphatic heterocycles. The summed E-state index contributed by atoms with van der Waals surface area (Å²) in [6, 6.07) is 8.97. The van der Waals surface area contributed by atoms with Crippen molar-refractivity contribution in [3.05, 3.63) is 54.5 Å². The van der Waals surface area contributed by atoms with E-state index in [2.05, 4.69) is 0 Å². The van der Waals surface area contributed by atoms with Crippen LogP contribution in [0.2, 0.25) is 0 Å². The molecule has 0 bridgehead atoms. The van der Waals surface area contributed by atoms with Gasteiger partial charge in [0.15, 0.2) is 5.76 Å². The van der Waals surface area contributed by atoms with E-state index in [1.165, 1.54) is 6.26 Å². The lowest BCUT2D eigenvalue weighted by Crippen LogP contribution is -2.28. The molecule has 1 N–H and O–H groups in total. The van der Waals surface area contributed by atoms with Crippen molar-refractivity contribution >= 4 is 5.97 Å². The SMILES string of the molecule is O=C(O)C1OC=CC=C1Oc1ccccc1. The molecule has 1 aromatic carbocycles. The van der Waals surface area contributed by atoms with Gasteiger partial charge >= 0.3 is 5.97 Å². The van der Waals surface area contributed by atoms with Crippen LogP contribution in [0.1, 0.15) is 0 Å². The van der Waals surface area contributed by atoms with E-state index in [1.54, 1.807) is 24.3 Å². The Hall–Kier alpha value is -2.23. The van der Waals surface area contributed by atoms with E-state index >= 15 is 0 Å². The van der Waals surface area contributed by atoms with Crippen LogP contribution in [0.4, 0.5) is 0 Å². The van der Waals surface area contributed by atoms with Gasteiger partial charge in [-0.25, -0.2) is 4.79 Å². The molecule has 1 heterocycles. The third kappa shape index (κ3) is 2.23. The Morgan fingerprint density at radius 3 is 2.75 bits per heavy atom. The summed E-state index contributed by atoms with van der Waals surface area (Å²) in [5, 5.41) is 8.91. The molecule has 0 amide bonds. The molecule has 0 radical (unpaired) electrons. The monoisotopic (exact) mass is 218 g/mol. The van der Waals surface area contributed by atoms with Crippen LogP contribution in [0.3, 0.4) is 0 Å². The second-order valence-electron chi connectivity index (χ2n) is 3.17. The van der Waals surface area contributed by atoms with Gasteiger partial charge in [0.25, 0.3) is 6.10 Å². The molecule has 1 aromatic rings. The third-order valence-corrected chi connectivity index (χ3v) is 2.02. The minimum Gasteiger partial charge on any atom is -0.478 e. The molecule has 0 saturated carbocycles. The van der Waals surface area contributed by atoms with Crippen LogP contribution in [-0.2, 0) is 9.53 Å². The van der Waals surface area contributed by atoms with Gasteiger partial charge in [-0.05, 0) is 24.3 Å². The summed E-state index contributed by atoms with van der Waals surface area (Å²) >= 11 is 0. The van der Waals surface area contributed by atoms with Gasteiger partial charge in [0.05, 0.1) is 6.26 Å². The predicted octanol–water partition coefficient (Wildman–Crippen LogP) is 1.95. The van der Waals surface area contributed by atoms with Gasteiger partial charge in [0.2, 0.25) is 0 Å². The first-order chi connectivity index (χ1) is 7.77. The van der Waals surface area contributed by atoms with Crippen LogP contribution >= 0.6 is 0 Å². The summed E-state index contributed by atoms with van der Waals surface area (Å²) in [6.45, 7) is 0. The number of carboxylic acid groups (broad SMARTS) is 1. The number of carbonyl (C=O) groups is 1. The highest BCUT2D eigenvalue weighted by atomic mass is 16.6. The van der Waals surface area contributed by atoms with Gasteiger partial charge in [-0.2, -0.15) is 0 Å². The summed E-state index contributed by atoms with van der Waals surface area (Å²) in [6.07, 6.45) is 3.43. The molecular weight excluding hydrogens is 208 g/mol. The van der Waals surface area contributed by atoms with Gasteiger partial charge in [-0.15, -0.1) is 0 Å². The fourth-order valence-corrected chi connectivity index (χ4v) is 1.30. The number of aliphatic carboxylic acids is 1. The lowest BCUT2D eigenvalue weighted by molar-refractivity contribution is -0.146. The van der Waals surface area contributed by atoms with Crippen molar-refractivity contribution < 1.29 is 19.4 Å². The molecule has 0 aromatic heterocycles. The normalized spacial score (nSPS) is 18.5. The Morgan fingerprint density at radius 1 is 1.31 bits per heavy atom. The smallest absolute Gasteiger partial charge is 0.352 e. The number of allylic oxidation sites excluding steroid dienone is 2. The van der Waals surface area contributed by atoms with E-state index in [1.807, 2.05) is 18.2 Å². The first-order valence-electron chi connectivity index (χ1n) is 4.75. The van der Waals surface area contributed by atoms with E-state index in [9.17, 15) is 4.79 Å². The second kappa shape index (κ2) is 4.53. The molecular formula is C12H10O4. The van der Waals surface area contributed by atoms with Crippen LogP contribution in [0.15, 0.2) is 54.5 Å². The molecule has 1 atom stereocenters. The highest BCUT2D eigenvalue weighted by molar-refractivity contribution is 5.76. The molecule has 1 aliphatic rings. The number of ether oxygens (including phenoxy) is 2. The number of rotatable bonds is 3. The molecule has 0 saturated heterocycles. The molecule has 16 heavy (non-hydrogen) atoms. The summed E-state index contributed by atoms with van der Waals surface area (Å²) in [5.74, 6) is -0.230. The zero-order valence-electron chi connectivity index (χ0n) is 8.37. The second-order valence-corrected chi connectivity index (χ2v) is 3.17.